The molecule has 0 aliphatic rings. The Morgan fingerprint density at radius 2 is 1.95 bits per heavy atom. The summed E-state index contributed by atoms with van der Waals surface area (Å²) in [4.78, 5) is 16.8. The third-order valence-corrected chi connectivity index (χ3v) is 4.85. The Balaban J connectivity index is 2.26. The molecule has 2 aromatic rings. The monoisotopic (exact) mass is 288 g/mol. The average Bonchev–Trinajstić information content (AvgIpc) is 2.86. The highest BCUT2D eigenvalue weighted by Gasteiger charge is 2.21. The van der Waals surface area contributed by atoms with Crippen LogP contribution in [0.4, 0.5) is 5.69 Å². The molecule has 0 aliphatic heterocycles. The zero-order valence-electron chi connectivity index (χ0n) is 12.3. The van der Waals surface area contributed by atoms with Crippen molar-refractivity contribution in [2.75, 3.05) is 12.8 Å². The summed E-state index contributed by atoms with van der Waals surface area (Å²) in [7, 11) is 1.84. The molecule has 0 saturated heterocycles. The summed E-state index contributed by atoms with van der Waals surface area (Å²) < 4.78 is 0. The first kappa shape index (κ1) is 14.6. The Hall–Kier alpha value is -1.81. The van der Waals surface area contributed by atoms with Crippen LogP contribution in [0, 0.1) is 13.8 Å². The van der Waals surface area contributed by atoms with Crippen LogP contribution >= 0.6 is 11.3 Å². The van der Waals surface area contributed by atoms with Gasteiger partial charge in [-0.3, -0.25) is 4.79 Å². The summed E-state index contributed by atoms with van der Waals surface area (Å²) in [6, 6.07) is 9.70. The molecule has 0 bridgehead atoms. The van der Waals surface area contributed by atoms with Gasteiger partial charge < -0.3 is 10.6 Å². The summed E-state index contributed by atoms with van der Waals surface area (Å²) in [6.45, 7) is 6.01. The van der Waals surface area contributed by atoms with E-state index in [0.29, 0.717) is 11.3 Å². The lowest BCUT2D eigenvalue weighted by Crippen LogP contribution is -2.29. The number of aryl methyl sites for hydroxylation is 1. The molecule has 106 valence electrons. The van der Waals surface area contributed by atoms with E-state index in [0.717, 1.165) is 5.56 Å². The number of carbonyl (C=O) groups is 1. The molecule has 20 heavy (non-hydrogen) atoms. The van der Waals surface area contributed by atoms with Crippen LogP contribution < -0.4 is 5.73 Å². The molecule has 1 atom stereocenters. The maximum atomic E-state index is 12.6. The number of benzene rings is 1. The number of rotatable bonds is 3. The van der Waals surface area contributed by atoms with E-state index in [-0.39, 0.29) is 11.9 Å². The van der Waals surface area contributed by atoms with Gasteiger partial charge in [0.05, 0.1) is 6.04 Å². The molecule has 0 radical (unpaired) electrons. The lowest BCUT2D eigenvalue weighted by atomic mass is 10.1. The van der Waals surface area contributed by atoms with Crippen LogP contribution in [0.1, 0.15) is 38.6 Å². The maximum Gasteiger partial charge on any atom is 0.254 e. The van der Waals surface area contributed by atoms with Gasteiger partial charge in [0.1, 0.15) is 0 Å². The van der Waals surface area contributed by atoms with Crippen LogP contribution in [0.5, 0.6) is 0 Å². The van der Waals surface area contributed by atoms with Crippen LogP contribution in [-0.2, 0) is 0 Å². The number of hydrogen-bond donors (Lipinski definition) is 1. The number of nitrogens with two attached hydrogens (primary N) is 1. The van der Waals surface area contributed by atoms with Gasteiger partial charge in [0.2, 0.25) is 0 Å². The molecule has 1 unspecified atom stereocenters. The SMILES string of the molecule is Cc1ccc(C(C)N(C)C(=O)c2cccc(N)c2C)s1. The van der Waals surface area contributed by atoms with Crippen LogP contribution in [0.3, 0.4) is 0 Å². The van der Waals surface area contributed by atoms with E-state index in [1.54, 1.807) is 16.2 Å². The van der Waals surface area contributed by atoms with Gasteiger partial charge in [0, 0.05) is 28.1 Å². The molecule has 1 heterocycles. The number of nitrogen functional groups attached to an aromatic ring is 1. The van der Waals surface area contributed by atoms with E-state index in [9.17, 15) is 4.79 Å². The number of hydrogen-bond acceptors (Lipinski definition) is 3. The van der Waals surface area contributed by atoms with Gasteiger partial charge in [-0.15, -0.1) is 11.3 Å². The highest BCUT2D eigenvalue weighted by molar-refractivity contribution is 7.12. The second-order valence-electron chi connectivity index (χ2n) is 5.06. The minimum atomic E-state index is 0.00773. The highest BCUT2D eigenvalue weighted by atomic mass is 32.1. The van der Waals surface area contributed by atoms with Gasteiger partial charge in [-0.1, -0.05) is 6.07 Å². The predicted molar refractivity (Wildman–Crippen MR) is 85.2 cm³/mol. The van der Waals surface area contributed by atoms with Crippen LogP contribution in [0.2, 0.25) is 0 Å². The molecule has 1 aromatic carbocycles. The summed E-state index contributed by atoms with van der Waals surface area (Å²) >= 11 is 1.73. The molecule has 2 N–H and O–H groups in total. The molecular formula is C16H20N2OS. The Bertz CT molecular complexity index is 633. The second kappa shape index (κ2) is 5.67. The minimum Gasteiger partial charge on any atom is -0.398 e. The van der Waals surface area contributed by atoms with Gasteiger partial charge in [-0.25, -0.2) is 0 Å². The largest absolute Gasteiger partial charge is 0.398 e. The number of nitrogens with zero attached hydrogens (tertiary/aromatic N) is 1. The summed E-state index contributed by atoms with van der Waals surface area (Å²) in [6.07, 6.45) is 0. The van der Waals surface area contributed by atoms with Crippen molar-refractivity contribution in [1.82, 2.24) is 4.90 Å². The standard InChI is InChI=1S/C16H20N2OS/c1-10-8-9-15(20-10)12(3)18(4)16(19)13-6-5-7-14(17)11(13)2/h5-9,12H,17H2,1-4H3. The molecule has 1 aromatic heterocycles. The van der Waals surface area contributed by atoms with E-state index in [1.165, 1.54) is 9.75 Å². The van der Waals surface area contributed by atoms with Crippen molar-refractivity contribution in [2.45, 2.75) is 26.8 Å². The zero-order valence-corrected chi connectivity index (χ0v) is 13.1. The molecule has 0 aliphatic carbocycles. The second-order valence-corrected chi connectivity index (χ2v) is 6.38. The average molecular weight is 288 g/mol. The first-order chi connectivity index (χ1) is 9.41. The Kier molecular flexibility index (Phi) is 4.14. The van der Waals surface area contributed by atoms with E-state index in [4.69, 9.17) is 5.73 Å². The van der Waals surface area contributed by atoms with E-state index >= 15 is 0 Å². The van der Waals surface area contributed by atoms with Crippen molar-refractivity contribution in [1.29, 1.82) is 0 Å². The topological polar surface area (TPSA) is 46.3 Å². The minimum absolute atomic E-state index is 0.00773. The molecule has 0 fully saturated rings. The molecule has 4 heteroatoms. The van der Waals surface area contributed by atoms with Crippen molar-refractivity contribution in [3.05, 3.63) is 51.2 Å². The first-order valence-corrected chi connectivity index (χ1v) is 7.42. The quantitative estimate of drug-likeness (QED) is 0.874. The highest BCUT2D eigenvalue weighted by Crippen LogP contribution is 2.28. The first-order valence-electron chi connectivity index (χ1n) is 6.60. The van der Waals surface area contributed by atoms with Crippen LogP contribution in [-0.4, -0.2) is 17.9 Å². The lowest BCUT2D eigenvalue weighted by Gasteiger charge is -2.25. The normalized spacial score (nSPS) is 12.2. The Labute approximate surface area is 124 Å². The van der Waals surface area contributed by atoms with Crippen LogP contribution in [0.15, 0.2) is 30.3 Å². The Morgan fingerprint density at radius 1 is 1.25 bits per heavy atom. The van der Waals surface area contributed by atoms with Crippen molar-refractivity contribution in [3.8, 4) is 0 Å². The van der Waals surface area contributed by atoms with Gasteiger partial charge in [-0.2, -0.15) is 0 Å². The van der Waals surface area contributed by atoms with Crippen molar-refractivity contribution < 1.29 is 4.79 Å². The number of anilines is 1. The van der Waals surface area contributed by atoms with E-state index in [1.807, 2.05) is 39.1 Å². The number of amides is 1. The fourth-order valence-corrected chi connectivity index (χ4v) is 3.09. The molecule has 3 nitrogen and oxygen atoms in total. The third-order valence-electron chi connectivity index (χ3n) is 3.68. The molecule has 2 rings (SSSR count). The van der Waals surface area contributed by atoms with E-state index < -0.39 is 0 Å². The van der Waals surface area contributed by atoms with Crippen molar-refractivity contribution in [3.63, 3.8) is 0 Å². The van der Waals surface area contributed by atoms with Gasteiger partial charge in [0.25, 0.3) is 5.91 Å². The van der Waals surface area contributed by atoms with E-state index in [2.05, 4.69) is 19.1 Å². The molecular weight excluding hydrogens is 268 g/mol. The van der Waals surface area contributed by atoms with Gasteiger partial charge in [-0.05, 0) is 50.6 Å². The van der Waals surface area contributed by atoms with Crippen molar-refractivity contribution in [2.24, 2.45) is 0 Å². The summed E-state index contributed by atoms with van der Waals surface area (Å²) in [5.74, 6) is 0.00773. The zero-order chi connectivity index (χ0) is 14.9. The van der Waals surface area contributed by atoms with Gasteiger partial charge >= 0.3 is 0 Å². The summed E-state index contributed by atoms with van der Waals surface area (Å²) in [5.41, 5.74) is 8.06. The molecule has 1 amide bonds. The lowest BCUT2D eigenvalue weighted by molar-refractivity contribution is 0.0744. The summed E-state index contributed by atoms with van der Waals surface area (Å²) in [5, 5.41) is 0. The third kappa shape index (κ3) is 2.70. The molecule has 0 spiro atoms. The number of thiophene rings is 1. The van der Waals surface area contributed by atoms with Crippen LogP contribution in [0.25, 0.3) is 0 Å². The smallest absolute Gasteiger partial charge is 0.254 e. The van der Waals surface area contributed by atoms with Crippen molar-refractivity contribution >= 4 is 22.9 Å². The number of carbonyl (C=O) groups excluding carboxylic acids is 1. The van der Waals surface area contributed by atoms with Gasteiger partial charge in [0.15, 0.2) is 0 Å². The fourth-order valence-electron chi connectivity index (χ4n) is 2.12. The predicted octanol–water partition coefficient (Wildman–Crippen LogP) is 3.78. The fraction of sp³-hybridized carbons (Fsp3) is 0.312. The Morgan fingerprint density at radius 3 is 2.55 bits per heavy atom. The molecule has 0 saturated carbocycles. The maximum absolute atomic E-state index is 12.6.